The zero-order valence-electron chi connectivity index (χ0n) is 10.7. The lowest BCUT2D eigenvalue weighted by molar-refractivity contribution is -0.140. The first-order valence-corrected chi connectivity index (χ1v) is 5.72. The van der Waals surface area contributed by atoms with Crippen molar-refractivity contribution < 1.29 is 24.6 Å². The number of urea groups is 1. The molecule has 0 aliphatic carbocycles. The predicted molar refractivity (Wildman–Crippen MR) is 64.7 cm³/mol. The third-order valence-electron chi connectivity index (χ3n) is 2.46. The number of nitrogens with one attached hydrogen (secondary N) is 2. The second-order valence-corrected chi connectivity index (χ2v) is 4.01. The molecule has 0 bridgehead atoms. The molecule has 110 valence electrons. The number of hydrogen-bond acceptors (Lipinski definition) is 5. The Bertz CT molecular complexity index is 500. The maximum absolute atomic E-state index is 11.5. The van der Waals surface area contributed by atoms with Crippen molar-refractivity contribution in [3.63, 3.8) is 0 Å². The van der Waals surface area contributed by atoms with Crippen LogP contribution in [0.2, 0.25) is 0 Å². The molecule has 1 rings (SSSR count). The molecule has 0 aliphatic rings. The number of nitrogens with zero attached hydrogens (tertiary/aromatic N) is 3. The molecule has 0 aromatic carbocycles. The van der Waals surface area contributed by atoms with Crippen molar-refractivity contribution in [2.75, 3.05) is 0 Å². The van der Waals surface area contributed by atoms with Gasteiger partial charge in [-0.25, -0.2) is 9.59 Å². The molecule has 10 heteroatoms. The number of carbonyl (C=O) groups is 3. The van der Waals surface area contributed by atoms with Crippen molar-refractivity contribution in [2.45, 2.75) is 25.4 Å². The fourth-order valence-corrected chi connectivity index (χ4v) is 1.36. The summed E-state index contributed by atoms with van der Waals surface area (Å²) in [6.45, 7) is 0.0770. The summed E-state index contributed by atoms with van der Waals surface area (Å²) in [6, 6.07) is -1.98. The second-order valence-electron chi connectivity index (χ2n) is 4.01. The van der Waals surface area contributed by atoms with Crippen LogP contribution < -0.4 is 10.6 Å². The minimum Gasteiger partial charge on any atom is -0.481 e. The van der Waals surface area contributed by atoms with E-state index in [1.54, 1.807) is 11.6 Å². The van der Waals surface area contributed by atoms with Gasteiger partial charge in [-0.1, -0.05) is 0 Å². The number of carboxylic acids is 2. The molecule has 1 unspecified atom stereocenters. The Morgan fingerprint density at radius 2 is 2.10 bits per heavy atom. The summed E-state index contributed by atoms with van der Waals surface area (Å²) in [5.74, 6) is -1.92. The van der Waals surface area contributed by atoms with Gasteiger partial charge in [0.15, 0.2) is 5.82 Å². The highest BCUT2D eigenvalue weighted by molar-refractivity contribution is 5.82. The van der Waals surface area contributed by atoms with E-state index in [2.05, 4.69) is 20.8 Å². The van der Waals surface area contributed by atoms with Gasteiger partial charge >= 0.3 is 18.0 Å². The van der Waals surface area contributed by atoms with Crippen LogP contribution >= 0.6 is 0 Å². The molecule has 0 radical (unpaired) electrons. The minimum absolute atomic E-state index is 0.0770. The highest BCUT2D eigenvalue weighted by atomic mass is 16.4. The van der Waals surface area contributed by atoms with Crippen LogP contribution in [0.5, 0.6) is 0 Å². The molecule has 1 heterocycles. The summed E-state index contributed by atoms with van der Waals surface area (Å²) >= 11 is 0. The molecule has 20 heavy (non-hydrogen) atoms. The molecule has 1 aromatic heterocycles. The smallest absolute Gasteiger partial charge is 0.326 e. The molecule has 0 fully saturated rings. The van der Waals surface area contributed by atoms with Crippen LogP contribution in [0, 0.1) is 0 Å². The van der Waals surface area contributed by atoms with Gasteiger partial charge < -0.3 is 25.4 Å². The van der Waals surface area contributed by atoms with Crippen molar-refractivity contribution in [3.05, 3.63) is 12.2 Å². The quantitative estimate of drug-likeness (QED) is 0.499. The van der Waals surface area contributed by atoms with Gasteiger partial charge in [-0.15, -0.1) is 10.2 Å². The average Bonchev–Trinajstić information content (AvgIpc) is 2.77. The average molecular weight is 285 g/mol. The Balaban J connectivity index is 2.43. The summed E-state index contributed by atoms with van der Waals surface area (Å²) in [5, 5.41) is 29.3. The molecule has 0 saturated carbocycles. The van der Waals surface area contributed by atoms with E-state index in [1.165, 1.54) is 6.33 Å². The van der Waals surface area contributed by atoms with Crippen LogP contribution in [0.3, 0.4) is 0 Å². The standard InChI is InChI=1S/C10H15N5O5/c1-15-5-12-14-7(15)4-11-10(20)13-6(9(18)19)2-3-8(16)17/h5-6H,2-4H2,1H3,(H,16,17)(H,18,19)(H2,11,13,20). The maximum Gasteiger partial charge on any atom is 0.326 e. The number of aromatic nitrogens is 3. The van der Waals surface area contributed by atoms with E-state index in [0.29, 0.717) is 5.82 Å². The van der Waals surface area contributed by atoms with Gasteiger partial charge in [0.2, 0.25) is 0 Å². The fraction of sp³-hybridized carbons (Fsp3) is 0.500. The van der Waals surface area contributed by atoms with E-state index >= 15 is 0 Å². The van der Waals surface area contributed by atoms with Crippen molar-refractivity contribution in [1.82, 2.24) is 25.4 Å². The summed E-state index contributed by atoms with van der Waals surface area (Å²) in [4.78, 5) is 32.8. The summed E-state index contributed by atoms with van der Waals surface area (Å²) in [6.07, 6.45) is 0.921. The molecule has 2 amide bonds. The summed E-state index contributed by atoms with van der Waals surface area (Å²) in [5.41, 5.74) is 0. The topological polar surface area (TPSA) is 146 Å². The first-order chi connectivity index (χ1) is 9.40. The van der Waals surface area contributed by atoms with Crippen molar-refractivity contribution in [2.24, 2.45) is 7.05 Å². The Hall–Kier alpha value is -2.65. The number of carboxylic acid groups (broad SMARTS) is 2. The van der Waals surface area contributed by atoms with Gasteiger partial charge in [0, 0.05) is 13.5 Å². The van der Waals surface area contributed by atoms with Gasteiger partial charge in [0.05, 0.1) is 6.54 Å². The lowest BCUT2D eigenvalue weighted by Crippen LogP contribution is -2.46. The van der Waals surface area contributed by atoms with Gasteiger partial charge in [-0.3, -0.25) is 4.79 Å². The van der Waals surface area contributed by atoms with Crippen LogP contribution in [0.15, 0.2) is 6.33 Å². The fourth-order valence-electron chi connectivity index (χ4n) is 1.36. The monoisotopic (exact) mass is 285 g/mol. The van der Waals surface area contributed by atoms with E-state index in [0.717, 1.165) is 0 Å². The highest BCUT2D eigenvalue weighted by Crippen LogP contribution is 1.98. The van der Waals surface area contributed by atoms with Crippen LogP contribution in [0.1, 0.15) is 18.7 Å². The van der Waals surface area contributed by atoms with E-state index in [4.69, 9.17) is 10.2 Å². The van der Waals surface area contributed by atoms with E-state index in [-0.39, 0.29) is 19.4 Å². The highest BCUT2D eigenvalue weighted by Gasteiger charge is 2.20. The third kappa shape index (κ3) is 4.92. The SMILES string of the molecule is Cn1cnnc1CNC(=O)NC(CCC(=O)O)C(=O)O. The van der Waals surface area contributed by atoms with E-state index in [1.807, 2.05) is 0 Å². The summed E-state index contributed by atoms with van der Waals surface area (Å²) < 4.78 is 1.60. The number of amides is 2. The molecule has 0 aliphatic heterocycles. The molecule has 1 atom stereocenters. The van der Waals surface area contributed by atoms with Gasteiger partial charge in [-0.2, -0.15) is 0 Å². The number of carbonyl (C=O) groups excluding carboxylic acids is 1. The van der Waals surface area contributed by atoms with E-state index < -0.39 is 24.0 Å². The molecule has 1 aromatic rings. The molecule has 0 saturated heterocycles. The van der Waals surface area contributed by atoms with Crippen LogP contribution in [0.25, 0.3) is 0 Å². The Kier molecular flexibility index (Phi) is 5.44. The first kappa shape index (κ1) is 15.4. The number of rotatable bonds is 7. The van der Waals surface area contributed by atoms with Gasteiger partial charge in [0.25, 0.3) is 0 Å². The lowest BCUT2D eigenvalue weighted by atomic mass is 10.1. The molecular weight excluding hydrogens is 270 g/mol. The van der Waals surface area contributed by atoms with Gasteiger partial charge in [0.1, 0.15) is 12.4 Å². The Labute approximate surface area is 113 Å². The zero-order valence-corrected chi connectivity index (χ0v) is 10.7. The third-order valence-corrected chi connectivity index (χ3v) is 2.46. The first-order valence-electron chi connectivity index (χ1n) is 5.72. The Morgan fingerprint density at radius 3 is 2.60 bits per heavy atom. The van der Waals surface area contributed by atoms with Crippen molar-refractivity contribution in [1.29, 1.82) is 0 Å². The normalized spacial score (nSPS) is 11.7. The molecule has 0 spiro atoms. The van der Waals surface area contributed by atoms with Crippen molar-refractivity contribution >= 4 is 18.0 Å². The second kappa shape index (κ2) is 7.07. The van der Waals surface area contributed by atoms with Gasteiger partial charge in [-0.05, 0) is 6.42 Å². The molecule has 4 N–H and O–H groups in total. The predicted octanol–water partition coefficient (Wildman–Crippen LogP) is -1.07. The number of aryl methyl sites for hydroxylation is 1. The van der Waals surface area contributed by atoms with Crippen LogP contribution in [-0.4, -0.2) is 49.0 Å². The largest absolute Gasteiger partial charge is 0.481 e. The van der Waals surface area contributed by atoms with E-state index in [9.17, 15) is 14.4 Å². The lowest BCUT2D eigenvalue weighted by Gasteiger charge is -2.14. The Morgan fingerprint density at radius 1 is 1.40 bits per heavy atom. The van der Waals surface area contributed by atoms with Crippen LogP contribution in [0.4, 0.5) is 4.79 Å². The van der Waals surface area contributed by atoms with Crippen LogP contribution in [-0.2, 0) is 23.2 Å². The minimum atomic E-state index is -1.29. The number of hydrogen-bond donors (Lipinski definition) is 4. The zero-order chi connectivity index (χ0) is 15.1. The van der Waals surface area contributed by atoms with Crippen molar-refractivity contribution in [3.8, 4) is 0 Å². The maximum atomic E-state index is 11.5. The number of aliphatic carboxylic acids is 2. The molecular formula is C10H15N5O5. The summed E-state index contributed by atoms with van der Waals surface area (Å²) in [7, 11) is 1.70. The molecule has 10 nitrogen and oxygen atoms in total.